The molecule has 0 bridgehead atoms. The summed E-state index contributed by atoms with van der Waals surface area (Å²) in [5, 5.41) is 11.6. The van der Waals surface area contributed by atoms with Gasteiger partial charge < -0.3 is 11.1 Å². The number of nitrogens with one attached hydrogen (secondary N) is 1. The molecule has 5 heteroatoms. The fourth-order valence-corrected chi connectivity index (χ4v) is 3.07. The van der Waals surface area contributed by atoms with Crippen molar-refractivity contribution in [1.82, 2.24) is 0 Å². The van der Waals surface area contributed by atoms with E-state index in [1.54, 1.807) is 30.3 Å². The average molecular weight is 319 g/mol. The van der Waals surface area contributed by atoms with Crippen LogP contribution in [-0.2, 0) is 12.8 Å². The fraction of sp³-hybridized carbons (Fsp3) is 0.211. The number of nitriles is 1. The molecular weight excluding hydrogens is 302 g/mol. The summed E-state index contributed by atoms with van der Waals surface area (Å²) in [5.74, 6) is -0.334. The number of fused-ring (bicyclic) bond motifs is 1. The Hall–Kier alpha value is -2.97. The van der Waals surface area contributed by atoms with E-state index in [-0.39, 0.29) is 11.9 Å². The maximum atomic E-state index is 12.5. The van der Waals surface area contributed by atoms with Crippen LogP contribution in [-0.4, -0.2) is 18.2 Å². The number of hydrogen-bond acceptors (Lipinski definition) is 4. The Labute approximate surface area is 140 Å². The second kappa shape index (κ2) is 6.65. The van der Waals surface area contributed by atoms with E-state index in [9.17, 15) is 9.59 Å². The standard InChI is InChI=1S/C19H17N3O2/c20-10-12-1-5-15(6-2-12)22-19(24)17-7-3-13-9-14(21)4-8-16(13)18(17)11-23/h1-3,5-7,11,14H,4,8-9,21H2,(H,22,24). The highest BCUT2D eigenvalue weighted by Crippen LogP contribution is 2.26. The van der Waals surface area contributed by atoms with Gasteiger partial charge >= 0.3 is 0 Å². The first-order valence-electron chi connectivity index (χ1n) is 7.79. The van der Waals surface area contributed by atoms with Crippen LogP contribution in [0.25, 0.3) is 0 Å². The third kappa shape index (κ3) is 3.05. The lowest BCUT2D eigenvalue weighted by Crippen LogP contribution is -2.29. The van der Waals surface area contributed by atoms with Gasteiger partial charge in [-0.2, -0.15) is 5.26 Å². The molecule has 0 spiro atoms. The van der Waals surface area contributed by atoms with Gasteiger partial charge in [0, 0.05) is 17.3 Å². The molecule has 0 fully saturated rings. The van der Waals surface area contributed by atoms with Gasteiger partial charge in [0.25, 0.3) is 5.91 Å². The summed E-state index contributed by atoms with van der Waals surface area (Å²) >= 11 is 0. The van der Waals surface area contributed by atoms with Crippen LogP contribution in [0.1, 0.15) is 43.8 Å². The van der Waals surface area contributed by atoms with Crippen LogP contribution in [0.2, 0.25) is 0 Å². The lowest BCUT2D eigenvalue weighted by atomic mass is 9.84. The molecule has 1 aliphatic carbocycles. The van der Waals surface area contributed by atoms with Crippen molar-refractivity contribution >= 4 is 17.9 Å². The summed E-state index contributed by atoms with van der Waals surface area (Å²) in [5.41, 5.74) is 9.86. The van der Waals surface area contributed by atoms with Crippen LogP contribution in [0, 0.1) is 11.3 Å². The van der Waals surface area contributed by atoms with Gasteiger partial charge in [-0.25, -0.2) is 0 Å². The van der Waals surface area contributed by atoms with Crippen LogP contribution in [0.3, 0.4) is 0 Å². The molecule has 1 atom stereocenters. The third-order valence-electron chi connectivity index (χ3n) is 4.34. The summed E-state index contributed by atoms with van der Waals surface area (Å²) in [6, 6.07) is 12.3. The van der Waals surface area contributed by atoms with E-state index in [2.05, 4.69) is 5.32 Å². The number of amides is 1. The second-order valence-electron chi connectivity index (χ2n) is 5.93. The zero-order valence-corrected chi connectivity index (χ0v) is 13.1. The summed E-state index contributed by atoms with van der Waals surface area (Å²) in [7, 11) is 0. The van der Waals surface area contributed by atoms with Crippen molar-refractivity contribution in [3.05, 3.63) is 64.2 Å². The lowest BCUT2D eigenvalue weighted by Gasteiger charge is -2.23. The minimum absolute atomic E-state index is 0.107. The lowest BCUT2D eigenvalue weighted by molar-refractivity contribution is 0.101. The third-order valence-corrected chi connectivity index (χ3v) is 4.34. The van der Waals surface area contributed by atoms with E-state index >= 15 is 0 Å². The van der Waals surface area contributed by atoms with Crippen molar-refractivity contribution in [1.29, 1.82) is 5.26 Å². The van der Waals surface area contributed by atoms with Crippen molar-refractivity contribution in [2.75, 3.05) is 5.32 Å². The van der Waals surface area contributed by atoms with Crippen molar-refractivity contribution < 1.29 is 9.59 Å². The predicted octanol–water partition coefficient (Wildman–Crippen LogP) is 2.44. The average Bonchev–Trinajstić information content (AvgIpc) is 2.61. The molecule has 0 saturated heterocycles. The van der Waals surface area contributed by atoms with E-state index in [0.717, 1.165) is 30.3 Å². The van der Waals surface area contributed by atoms with Gasteiger partial charge in [-0.15, -0.1) is 0 Å². The molecule has 3 N–H and O–H groups in total. The Balaban J connectivity index is 1.89. The molecule has 120 valence electrons. The molecule has 0 saturated carbocycles. The maximum Gasteiger partial charge on any atom is 0.256 e. The van der Waals surface area contributed by atoms with Crippen LogP contribution >= 0.6 is 0 Å². The van der Waals surface area contributed by atoms with Gasteiger partial charge in [0.05, 0.1) is 17.2 Å². The highest BCUT2D eigenvalue weighted by molar-refractivity contribution is 6.09. The Morgan fingerprint density at radius 2 is 2.00 bits per heavy atom. The van der Waals surface area contributed by atoms with Crippen LogP contribution in [0.5, 0.6) is 0 Å². The van der Waals surface area contributed by atoms with Crippen molar-refractivity contribution in [3.8, 4) is 6.07 Å². The molecule has 0 radical (unpaired) electrons. The van der Waals surface area contributed by atoms with Crippen LogP contribution in [0.15, 0.2) is 36.4 Å². The molecule has 24 heavy (non-hydrogen) atoms. The van der Waals surface area contributed by atoms with Crippen LogP contribution < -0.4 is 11.1 Å². The van der Waals surface area contributed by atoms with Gasteiger partial charge in [-0.1, -0.05) is 6.07 Å². The summed E-state index contributed by atoms with van der Waals surface area (Å²) in [6.45, 7) is 0. The number of carbonyl (C=O) groups is 2. The topological polar surface area (TPSA) is 96.0 Å². The number of carbonyl (C=O) groups excluding carboxylic acids is 2. The van der Waals surface area contributed by atoms with Crippen molar-refractivity contribution in [3.63, 3.8) is 0 Å². The van der Waals surface area contributed by atoms with Gasteiger partial charge in [0.15, 0.2) is 6.29 Å². The summed E-state index contributed by atoms with van der Waals surface area (Å²) in [4.78, 5) is 24.1. The summed E-state index contributed by atoms with van der Waals surface area (Å²) < 4.78 is 0. The van der Waals surface area contributed by atoms with E-state index in [4.69, 9.17) is 11.0 Å². The zero-order valence-electron chi connectivity index (χ0n) is 13.1. The molecular formula is C19H17N3O2. The molecule has 1 amide bonds. The number of aldehydes is 1. The smallest absolute Gasteiger partial charge is 0.256 e. The normalized spacial score (nSPS) is 15.9. The molecule has 2 aromatic rings. The molecule has 0 aliphatic heterocycles. The zero-order chi connectivity index (χ0) is 17.1. The summed E-state index contributed by atoms with van der Waals surface area (Å²) in [6.07, 6.45) is 3.01. The molecule has 0 aromatic heterocycles. The second-order valence-corrected chi connectivity index (χ2v) is 5.93. The van der Waals surface area contributed by atoms with E-state index < -0.39 is 0 Å². The number of benzene rings is 2. The first-order valence-corrected chi connectivity index (χ1v) is 7.79. The number of anilines is 1. The van der Waals surface area contributed by atoms with Crippen molar-refractivity contribution in [2.24, 2.45) is 5.73 Å². The number of hydrogen-bond donors (Lipinski definition) is 2. The van der Waals surface area contributed by atoms with Crippen molar-refractivity contribution in [2.45, 2.75) is 25.3 Å². The fourth-order valence-electron chi connectivity index (χ4n) is 3.07. The molecule has 1 unspecified atom stereocenters. The molecule has 5 nitrogen and oxygen atoms in total. The molecule has 3 rings (SSSR count). The van der Waals surface area contributed by atoms with E-state index in [1.807, 2.05) is 12.1 Å². The number of nitrogens with zero attached hydrogens (tertiary/aromatic N) is 1. The Bertz CT molecular complexity index is 835. The van der Waals surface area contributed by atoms with E-state index in [0.29, 0.717) is 28.8 Å². The number of nitrogens with two attached hydrogens (primary N) is 1. The highest BCUT2D eigenvalue weighted by Gasteiger charge is 2.22. The molecule has 2 aromatic carbocycles. The SMILES string of the molecule is N#Cc1ccc(NC(=O)c2ccc3c(c2C=O)CCC(N)C3)cc1. The quantitative estimate of drug-likeness (QED) is 0.849. The Kier molecular flexibility index (Phi) is 4.41. The first kappa shape index (κ1) is 15.9. The maximum absolute atomic E-state index is 12.5. The largest absolute Gasteiger partial charge is 0.327 e. The van der Waals surface area contributed by atoms with Crippen LogP contribution in [0.4, 0.5) is 5.69 Å². The van der Waals surface area contributed by atoms with E-state index in [1.165, 1.54) is 0 Å². The van der Waals surface area contributed by atoms with Gasteiger partial charge in [-0.05, 0) is 60.7 Å². The van der Waals surface area contributed by atoms with Gasteiger partial charge in [0.1, 0.15) is 0 Å². The number of rotatable bonds is 3. The first-order chi connectivity index (χ1) is 11.6. The predicted molar refractivity (Wildman–Crippen MR) is 90.9 cm³/mol. The monoisotopic (exact) mass is 319 g/mol. The molecule has 0 heterocycles. The minimum atomic E-state index is -0.334. The molecule has 1 aliphatic rings. The minimum Gasteiger partial charge on any atom is -0.327 e. The Morgan fingerprint density at radius 1 is 1.25 bits per heavy atom. The highest BCUT2D eigenvalue weighted by atomic mass is 16.1. The van der Waals surface area contributed by atoms with Gasteiger partial charge in [0.2, 0.25) is 0 Å². The Morgan fingerprint density at radius 3 is 2.67 bits per heavy atom. The van der Waals surface area contributed by atoms with Gasteiger partial charge in [-0.3, -0.25) is 9.59 Å².